The second-order valence-electron chi connectivity index (χ2n) is 4.94. The fourth-order valence-corrected chi connectivity index (χ4v) is 2.94. The van der Waals surface area contributed by atoms with Crippen molar-refractivity contribution in [3.05, 3.63) is 28.2 Å². The molecule has 106 valence electrons. The van der Waals surface area contributed by atoms with E-state index in [1.54, 1.807) is 0 Å². The van der Waals surface area contributed by atoms with E-state index in [9.17, 15) is 0 Å². The number of benzene rings is 1. The van der Waals surface area contributed by atoms with E-state index in [2.05, 4.69) is 28.1 Å². The van der Waals surface area contributed by atoms with Crippen molar-refractivity contribution in [3.63, 3.8) is 0 Å². The quantitative estimate of drug-likeness (QED) is 0.864. The summed E-state index contributed by atoms with van der Waals surface area (Å²) in [4.78, 5) is 0. The molecule has 2 unspecified atom stereocenters. The van der Waals surface area contributed by atoms with Gasteiger partial charge in [-0.25, -0.2) is 0 Å². The first-order chi connectivity index (χ1) is 9.20. The molecule has 4 heteroatoms. The van der Waals surface area contributed by atoms with E-state index in [1.165, 1.54) is 12.8 Å². The van der Waals surface area contributed by atoms with Crippen molar-refractivity contribution in [3.8, 4) is 5.75 Å². The van der Waals surface area contributed by atoms with Gasteiger partial charge in [0, 0.05) is 12.6 Å². The Labute approximate surface area is 123 Å². The van der Waals surface area contributed by atoms with Crippen LogP contribution in [0.4, 0.5) is 0 Å². The SMILES string of the molecule is CCOc1ccc(C(N)CCC2CCCO2)cc1Br. The predicted molar refractivity (Wildman–Crippen MR) is 80.4 cm³/mol. The van der Waals surface area contributed by atoms with Crippen LogP contribution in [0.15, 0.2) is 22.7 Å². The Bertz CT molecular complexity index is 405. The summed E-state index contributed by atoms with van der Waals surface area (Å²) in [5, 5.41) is 0. The number of ether oxygens (including phenoxy) is 2. The molecule has 1 heterocycles. The number of halogens is 1. The van der Waals surface area contributed by atoms with Crippen LogP contribution in [0.3, 0.4) is 0 Å². The number of nitrogens with two attached hydrogens (primary N) is 1. The van der Waals surface area contributed by atoms with Gasteiger partial charge in [-0.2, -0.15) is 0 Å². The van der Waals surface area contributed by atoms with Crippen molar-refractivity contribution in [1.82, 2.24) is 0 Å². The third kappa shape index (κ3) is 4.20. The maximum atomic E-state index is 6.25. The molecule has 1 fully saturated rings. The lowest BCUT2D eigenvalue weighted by Gasteiger charge is -2.16. The Morgan fingerprint density at radius 2 is 2.37 bits per heavy atom. The van der Waals surface area contributed by atoms with Crippen LogP contribution in [0.1, 0.15) is 44.2 Å². The molecule has 1 aliphatic heterocycles. The number of hydrogen-bond acceptors (Lipinski definition) is 3. The predicted octanol–water partition coefficient (Wildman–Crippen LogP) is 3.81. The van der Waals surface area contributed by atoms with Crippen LogP contribution in [0.5, 0.6) is 5.75 Å². The molecule has 0 spiro atoms. The van der Waals surface area contributed by atoms with Crippen LogP contribution in [-0.4, -0.2) is 19.3 Å². The Morgan fingerprint density at radius 1 is 1.53 bits per heavy atom. The summed E-state index contributed by atoms with van der Waals surface area (Å²) >= 11 is 3.53. The maximum Gasteiger partial charge on any atom is 0.133 e. The van der Waals surface area contributed by atoms with Gasteiger partial charge in [0.05, 0.1) is 17.2 Å². The molecule has 0 aliphatic carbocycles. The second-order valence-corrected chi connectivity index (χ2v) is 5.80. The van der Waals surface area contributed by atoms with Crippen molar-refractivity contribution in [2.45, 2.75) is 44.8 Å². The first kappa shape index (κ1) is 14.8. The van der Waals surface area contributed by atoms with Gasteiger partial charge in [-0.3, -0.25) is 0 Å². The molecule has 0 saturated carbocycles. The fourth-order valence-electron chi connectivity index (χ4n) is 2.42. The van der Waals surface area contributed by atoms with E-state index in [0.717, 1.165) is 35.2 Å². The Balaban J connectivity index is 1.90. The molecular weight excluding hydrogens is 306 g/mol. The first-order valence-electron chi connectivity index (χ1n) is 7.00. The fraction of sp³-hybridized carbons (Fsp3) is 0.600. The highest BCUT2D eigenvalue weighted by molar-refractivity contribution is 9.10. The maximum absolute atomic E-state index is 6.25. The van der Waals surface area contributed by atoms with Gasteiger partial charge in [-0.15, -0.1) is 0 Å². The first-order valence-corrected chi connectivity index (χ1v) is 7.79. The highest BCUT2D eigenvalue weighted by atomic mass is 79.9. The lowest BCUT2D eigenvalue weighted by atomic mass is 10.00. The Kier molecular flexibility index (Phi) is 5.67. The van der Waals surface area contributed by atoms with Gasteiger partial charge in [0.1, 0.15) is 5.75 Å². The molecule has 2 rings (SSSR count). The van der Waals surface area contributed by atoms with Crippen LogP contribution >= 0.6 is 15.9 Å². The molecule has 3 nitrogen and oxygen atoms in total. The minimum atomic E-state index is 0.0659. The normalized spacial score (nSPS) is 20.5. The summed E-state index contributed by atoms with van der Waals surface area (Å²) in [5.74, 6) is 0.873. The topological polar surface area (TPSA) is 44.5 Å². The van der Waals surface area contributed by atoms with Crippen LogP contribution in [-0.2, 0) is 4.74 Å². The molecule has 2 atom stereocenters. The zero-order valence-electron chi connectivity index (χ0n) is 11.4. The summed E-state index contributed by atoms with van der Waals surface area (Å²) in [5.41, 5.74) is 7.40. The van der Waals surface area contributed by atoms with Crippen molar-refractivity contribution in [2.24, 2.45) is 5.73 Å². The molecular formula is C15H22BrNO2. The number of rotatable bonds is 6. The molecule has 2 N–H and O–H groups in total. The molecule has 19 heavy (non-hydrogen) atoms. The molecule has 1 saturated heterocycles. The van der Waals surface area contributed by atoms with Gasteiger partial charge < -0.3 is 15.2 Å². The van der Waals surface area contributed by atoms with Crippen LogP contribution in [0, 0.1) is 0 Å². The van der Waals surface area contributed by atoms with Gasteiger partial charge in [-0.1, -0.05) is 6.07 Å². The van der Waals surface area contributed by atoms with Crippen LogP contribution in [0.25, 0.3) is 0 Å². The van der Waals surface area contributed by atoms with Crippen molar-refractivity contribution in [2.75, 3.05) is 13.2 Å². The molecule has 0 amide bonds. The van der Waals surface area contributed by atoms with E-state index in [0.29, 0.717) is 12.7 Å². The minimum Gasteiger partial charge on any atom is -0.493 e. The van der Waals surface area contributed by atoms with E-state index in [1.807, 2.05) is 13.0 Å². The molecule has 0 bridgehead atoms. The summed E-state index contributed by atoms with van der Waals surface area (Å²) in [6.07, 6.45) is 4.79. The van der Waals surface area contributed by atoms with Crippen molar-refractivity contribution < 1.29 is 9.47 Å². The van der Waals surface area contributed by atoms with E-state index in [4.69, 9.17) is 15.2 Å². The van der Waals surface area contributed by atoms with Gasteiger partial charge in [0.25, 0.3) is 0 Å². The summed E-state index contributed by atoms with van der Waals surface area (Å²) in [6, 6.07) is 6.16. The summed E-state index contributed by atoms with van der Waals surface area (Å²) in [7, 11) is 0. The van der Waals surface area contributed by atoms with Crippen molar-refractivity contribution >= 4 is 15.9 Å². The van der Waals surface area contributed by atoms with Gasteiger partial charge in [0.15, 0.2) is 0 Å². The minimum absolute atomic E-state index is 0.0659. The molecule has 0 radical (unpaired) electrons. The zero-order chi connectivity index (χ0) is 13.7. The average Bonchev–Trinajstić information content (AvgIpc) is 2.91. The van der Waals surface area contributed by atoms with Gasteiger partial charge in [0.2, 0.25) is 0 Å². The third-order valence-corrected chi connectivity index (χ3v) is 4.13. The molecule has 1 aromatic rings. The lowest BCUT2D eigenvalue weighted by molar-refractivity contribution is 0.101. The number of hydrogen-bond donors (Lipinski definition) is 1. The summed E-state index contributed by atoms with van der Waals surface area (Å²) in [6.45, 7) is 3.56. The van der Waals surface area contributed by atoms with Crippen LogP contribution in [0.2, 0.25) is 0 Å². The largest absolute Gasteiger partial charge is 0.493 e. The molecule has 0 aromatic heterocycles. The van der Waals surface area contributed by atoms with E-state index < -0.39 is 0 Å². The standard InChI is InChI=1S/C15H22BrNO2/c1-2-18-15-8-5-11(10-13(15)16)14(17)7-6-12-4-3-9-19-12/h5,8,10,12,14H,2-4,6-7,9,17H2,1H3. The Morgan fingerprint density at radius 3 is 3.00 bits per heavy atom. The van der Waals surface area contributed by atoms with Crippen molar-refractivity contribution in [1.29, 1.82) is 0 Å². The second kappa shape index (κ2) is 7.27. The average molecular weight is 328 g/mol. The smallest absolute Gasteiger partial charge is 0.133 e. The van der Waals surface area contributed by atoms with Crippen LogP contribution < -0.4 is 10.5 Å². The Hall–Kier alpha value is -0.580. The van der Waals surface area contributed by atoms with E-state index in [-0.39, 0.29) is 6.04 Å². The third-order valence-electron chi connectivity index (χ3n) is 3.51. The monoisotopic (exact) mass is 327 g/mol. The summed E-state index contributed by atoms with van der Waals surface area (Å²) < 4.78 is 12.1. The molecule has 1 aliphatic rings. The zero-order valence-corrected chi connectivity index (χ0v) is 13.0. The van der Waals surface area contributed by atoms with E-state index >= 15 is 0 Å². The highest BCUT2D eigenvalue weighted by Crippen LogP contribution is 2.30. The lowest BCUT2D eigenvalue weighted by Crippen LogP contribution is -2.14. The highest BCUT2D eigenvalue weighted by Gasteiger charge is 2.17. The van der Waals surface area contributed by atoms with Gasteiger partial charge >= 0.3 is 0 Å². The molecule has 1 aromatic carbocycles. The van der Waals surface area contributed by atoms with Gasteiger partial charge in [-0.05, 0) is 66.2 Å².